The van der Waals surface area contributed by atoms with E-state index in [1.807, 2.05) is 0 Å². The summed E-state index contributed by atoms with van der Waals surface area (Å²) in [5.74, 6) is 0.667. The second kappa shape index (κ2) is 3.88. The molecule has 2 N–H and O–H groups in total. The first-order chi connectivity index (χ1) is 5.24. The van der Waals surface area contributed by atoms with Gasteiger partial charge in [0.25, 0.3) is 0 Å². The van der Waals surface area contributed by atoms with Crippen molar-refractivity contribution in [1.29, 1.82) is 0 Å². The molecule has 1 rings (SSSR count). The Morgan fingerprint density at radius 3 is 2.73 bits per heavy atom. The minimum absolute atomic E-state index is 0.389. The molecule has 0 saturated carbocycles. The minimum atomic E-state index is 0.389. The lowest BCUT2D eigenvalue weighted by Gasteiger charge is -2.11. The summed E-state index contributed by atoms with van der Waals surface area (Å²) in [5.41, 5.74) is 5.87. The number of allylic oxidation sites excluding steroid dienone is 1. The van der Waals surface area contributed by atoms with E-state index in [0.717, 1.165) is 19.6 Å². The molecular formula is C9H18N2. The molecule has 0 aliphatic carbocycles. The van der Waals surface area contributed by atoms with E-state index in [1.54, 1.807) is 0 Å². The summed E-state index contributed by atoms with van der Waals surface area (Å²) < 4.78 is 0. The van der Waals surface area contributed by atoms with E-state index in [9.17, 15) is 0 Å². The second-order valence-corrected chi connectivity index (χ2v) is 3.43. The zero-order chi connectivity index (χ0) is 8.27. The number of rotatable bonds is 2. The highest BCUT2D eigenvalue weighted by atomic mass is 15.2. The monoisotopic (exact) mass is 154 g/mol. The fourth-order valence-corrected chi connectivity index (χ4v) is 1.50. The maximum absolute atomic E-state index is 5.87. The Hall–Kier alpha value is -0.340. The van der Waals surface area contributed by atoms with Crippen LogP contribution in [0.2, 0.25) is 0 Å². The lowest BCUT2D eigenvalue weighted by atomic mass is 10.1. The Morgan fingerprint density at radius 1 is 1.55 bits per heavy atom. The molecule has 2 atom stereocenters. The molecule has 0 spiro atoms. The quantitative estimate of drug-likeness (QED) is 0.597. The highest BCUT2D eigenvalue weighted by Crippen LogP contribution is 2.13. The van der Waals surface area contributed by atoms with Crippen LogP contribution in [-0.4, -0.2) is 30.6 Å². The van der Waals surface area contributed by atoms with E-state index in [0.29, 0.717) is 12.0 Å². The van der Waals surface area contributed by atoms with E-state index in [1.165, 1.54) is 0 Å². The lowest BCUT2D eigenvalue weighted by molar-refractivity contribution is 0.362. The van der Waals surface area contributed by atoms with Crippen LogP contribution in [0.1, 0.15) is 13.8 Å². The average molecular weight is 154 g/mol. The molecule has 1 saturated heterocycles. The van der Waals surface area contributed by atoms with E-state index < -0.39 is 0 Å². The van der Waals surface area contributed by atoms with Crippen LogP contribution >= 0.6 is 0 Å². The predicted molar refractivity (Wildman–Crippen MR) is 48.4 cm³/mol. The predicted octanol–water partition coefficient (Wildman–Crippen LogP) is 0.842. The van der Waals surface area contributed by atoms with Crippen LogP contribution in [0.4, 0.5) is 0 Å². The van der Waals surface area contributed by atoms with Crippen LogP contribution in [0.5, 0.6) is 0 Å². The molecule has 0 bridgehead atoms. The van der Waals surface area contributed by atoms with Crippen LogP contribution in [0.25, 0.3) is 0 Å². The molecule has 64 valence electrons. The molecule has 11 heavy (non-hydrogen) atoms. The summed E-state index contributed by atoms with van der Waals surface area (Å²) in [7, 11) is 0. The van der Waals surface area contributed by atoms with E-state index in [-0.39, 0.29) is 0 Å². The fourth-order valence-electron chi connectivity index (χ4n) is 1.50. The topological polar surface area (TPSA) is 29.3 Å². The Bertz CT molecular complexity index is 132. The van der Waals surface area contributed by atoms with Gasteiger partial charge in [-0.25, -0.2) is 0 Å². The van der Waals surface area contributed by atoms with Crippen LogP contribution in [0.15, 0.2) is 12.2 Å². The van der Waals surface area contributed by atoms with Gasteiger partial charge in [-0.3, -0.25) is 4.90 Å². The van der Waals surface area contributed by atoms with Crippen LogP contribution < -0.4 is 5.73 Å². The first-order valence-corrected chi connectivity index (χ1v) is 4.33. The molecule has 1 fully saturated rings. The Kier molecular flexibility index (Phi) is 3.09. The van der Waals surface area contributed by atoms with E-state index >= 15 is 0 Å². The summed E-state index contributed by atoms with van der Waals surface area (Å²) >= 11 is 0. The van der Waals surface area contributed by atoms with Crippen LogP contribution in [0, 0.1) is 5.92 Å². The summed E-state index contributed by atoms with van der Waals surface area (Å²) in [6.45, 7) is 7.56. The van der Waals surface area contributed by atoms with Crippen molar-refractivity contribution in [3.05, 3.63) is 12.2 Å². The third-order valence-corrected chi connectivity index (χ3v) is 2.35. The molecule has 0 radical (unpaired) electrons. The molecule has 2 nitrogen and oxygen atoms in total. The van der Waals surface area contributed by atoms with Crippen molar-refractivity contribution in [2.24, 2.45) is 11.7 Å². The van der Waals surface area contributed by atoms with Crippen molar-refractivity contribution in [3.63, 3.8) is 0 Å². The van der Waals surface area contributed by atoms with Gasteiger partial charge in [-0.2, -0.15) is 0 Å². The van der Waals surface area contributed by atoms with E-state index in [2.05, 4.69) is 30.9 Å². The van der Waals surface area contributed by atoms with Crippen molar-refractivity contribution in [3.8, 4) is 0 Å². The summed E-state index contributed by atoms with van der Waals surface area (Å²) in [6.07, 6.45) is 4.28. The molecule has 1 aliphatic rings. The maximum atomic E-state index is 5.87. The van der Waals surface area contributed by atoms with Gasteiger partial charge in [-0.1, -0.05) is 19.1 Å². The van der Waals surface area contributed by atoms with Gasteiger partial charge < -0.3 is 5.73 Å². The molecule has 0 amide bonds. The molecule has 1 aliphatic heterocycles. The molecule has 0 aromatic heterocycles. The minimum Gasteiger partial charge on any atom is -0.326 e. The summed E-state index contributed by atoms with van der Waals surface area (Å²) in [5, 5.41) is 0. The number of nitrogens with zero attached hydrogens (tertiary/aromatic N) is 1. The second-order valence-electron chi connectivity index (χ2n) is 3.43. The van der Waals surface area contributed by atoms with Gasteiger partial charge >= 0.3 is 0 Å². The Morgan fingerprint density at radius 2 is 2.27 bits per heavy atom. The first kappa shape index (κ1) is 8.75. The number of likely N-dealkylation sites (tertiary alicyclic amines) is 1. The maximum Gasteiger partial charge on any atom is 0.0206 e. The summed E-state index contributed by atoms with van der Waals surface area (Å²) in [4.78, 5) is 2.40. The van der Waals surface area contributed by atoms with E-state index in [4.69, 9.17) is 5.73 Å². The van der Waals surface area contributed by atoms with Crippen LogP contribution in [0.3, 0.4) is 0 Å². The van der Waals surface area contributed by atoms with Crippen LogP contribution in [-0.2, 0) is 0 Å². The lowest BCUT2D eigenvalue weighted by Crippen LogP contribution is -2.28. The normalized spacial score (nSPS) is 33.7. The molecule has 0 aromatic rings. The number of nitrogens with two attached hydrogens (primary N) is 1. The molecule has 0 aromatic carbocycles. The van der Waals surface area contributed by atoms with Gasteiger partial charge in [-0.05, 0) is 12.8 Å². The highest BCUT2D eigenvalue weighted by Gasteiger charge is 2.24. The van der Waals surface area contributed by atoms with Crippen molar-refractivity contribution in [2.75, 3.05) is 19.6 Å². The van der Waals surface area contributed by atoms with Crippen molar-refractivity contribution < 1.29 is 0 Å². The third-order valence-electron chi connectivity index (χ3n) is 2.35. The molecular weight excluding hydrogens is 136 g/mol. The van der Waals surface area contributed by atoms with Gasteiger partial charge in [0.05, 0.1) is 0 Å². The zero-order valence-corrected chi connectivity index (χ0v) is 7.46. The largest absolute Gasteiger partial charge is 0.326 e. The SMILES string of the molecule is C/C=C/CN1CC(C)C(N)C1. The summed E-state index contributed by atoms with van der Waals surface area (Å²) in [6, 6.07) is 0.389. The van der Waals surface area contributed by atoms with Crippen molar-refractivity contribution in [1.82, 2.24) is 4.90 Å². The Labute approximate surface area is 69.1 Å². The van der Waals surface area contributed by atoms with Gasteiger partial charge in [0.15, 0.2) is 0 Å². The van der Waals surface area contributed by atoms with Gasteiger partial charge in [0.2, 0.25) is 0 Å². The molecule has 2 unspecified atom stereocenters. The Balaban J connectivity index is 2.29. The molecule has 2 heteroatoms. The van der Waals surface area contributed by atoms with Gasteiger partial charge in [0.1, 0.15) is 0 Å². The first-order valence-electron chi connectivity index (χ1n) is 4.33. The van der Waals surface area contributed by atoms with Crippen molar-refractivity contribution in [2.45, 2.75) is 19.9 Å². The standard InChI is InChI=1S/C9H18N2/c1-3-4-5-11-6-8(2)9(10)7-11/h3-4,8-9H,5-7,10H2,1-2H3/b4-3+. The zero-order valence-electron chi connectivity index (χ0n) is 7.46. The number of hydrogen-bond donors (Lipinski definition) is 1. The smallest absolute Gasteiger partial charge is 0.0206 e. The number of hydrogen-bond acceptors (Lipinski definition) is 2. The van der Waals surface area contributed by atoms with Crippen molar-refractivity contribution >= 4 is 0 Å². The molecule has 1 heterocycles. The third kappa shape index (κ3) is 2.31. The average Bonchev–Trinajstić information content (AvgIpc) is 2.28. The highest BCUT2D eigenvalue weighted by molar-refractivity contribution is 4.89. The van der Waals surface area contributed by atoms with Gasteiger partial charge in [0, 0.05) is 25.7 Å². The fraction of sp³-hybridized carbons (Fsp3) is 0.778. The van der Waals surface area contributed by atoms with Gasteiger partial charge in [-0.15, -0.1) is 0 Å².